The van der Waals surface area contributed by atoms with E-state index in [2.05, 4.69) is 4.72 Å². The first kappa shape index (κ1) is 18.0. The lowest BCUT2D eigenvalue weighted by Crippen LogP contribution is -2.32. The predicted octanol–water partition coefficient (Wildman–Crippen LogP) is 2.63. The summed E-state index contributed by atoms with van der Waals surface area (Å²) >= 11 is 0. The average Bonchev–Trinajstić information content (AvgIpc) is 2.62. The van der Waals surface area contributed by atoms with Crippen molar-refractivity contribution < 1.29 is 17.9 Å². The monoisotopic (exact) mass is 370 g/mol. The van der Waals surface area contributed by atoms with Gasteiger partial charge in [-0.25, -0.2) is 13.1 Å². The highest BCUT2D eigenvalue weighted by Gasteiger charge is 2.26. The summed E-state index contributed by atoms with van der Waals surface area (Å²) < 4.78 is 32.8. The molecule has 2 aromatic carbocycles. The summed E-state index contributed by atoms with van der Waals surface area (Å²) in [4.78, 5) is 12.3. The molecule has 0 fully saturated rings. The molecule has 1 amide bonds. The summed E-state index contributed by atoms with van der Waals surface area (Å²) in [6, 6.07) is 13.7. The van der Waals surface area contributed by atoms with E-state index in [0.717, 1.165) is 11.3 Å². The van der Waals surface area contributed by atoms with E-state index in [-0.39, 0.29) is 22.8 Å². The number of rotatable bonds is 4. The molecule has 3 rings (SSSR count). The number of nitrogens with zero attached hydrogens (tertiary/aromatic N) is 1. The normalized spacial score (nSPS) is 16.1. The van der Waals surface area contributed by atoms with E-state index in [1.54, 1.807) is 13.0 Å². The Bertz CT molecular complexity index is 993. The molecule has 0 saturated heterocycles. The van der Waals surface area contributed by atoms with Crippen molar-refractivity contribution in [2.75, 3.05) is 6.61 Å². The fourth-order valence-corrected chi connectivity index (χ4v) is 4.32. The number of ether oxygens (including phenoxy) is 1. The van der Waals surface area contributed by atoms with E-state index < -0.39 is 15.9 Å². The summed E-state index contributed by atoms with van der Waals surface area (Å²) in [5.41, 5.74) is 1.61. The Morgan fingerprint density at radius 2 is 2.08 bits per heavy atom. The minimum absolute atomic E-state index is 0.0522. The van der Waals surface area contributed by atoms with Crippen LogP contribution >= 0.6 is 0 Å². The number of hydrogen-bond donors (Lipinski definition) is 1. The maximum atomic E-state index is 12.6. The minimum atomic E-state index is -4.03. The van der Waals surface area contributed by atoms with Crippen molar-refractivity contribution in [3.05, 3.63) is 59.2 Å². The SMILES string of the molecule is Cc1ccc(C#N)cc1S(=O)(=O)NC(=O)C[C@H]1CCOc2ccccc21. The first-order chi connectivity index (χ1) is 12.4. The second-order valence-electron chi connectivity index (χ2n) is 6.20. The third-order valence-electron chi connectivity index (χ3n) is 4.37. The molecule has 1 atom stereocenters. The molecule has 7 heteroatoms. The van der Waals surface area contributed by atoms with Gasteiger partial charge in [0.1, 0.15) is 5.75 Å². The van der Waals surface area contributed by atoms with Crippen LogP contribution in [-0.4, -0.2) is 20.9 Å². The number of benzene rings is 2. The van der Waals surface area contributed by atoms with Crippen molar-refractivity contribution in [1.82, 2.24) is 4.72 Å². The first-order valence-corrected chi connectivity index (χ1v) is 9.67. The van der Waals surface area contributed by atoms with Crippen LogP contribution in [0.5, 0.6) is 5.75 Å². The fourth-order valence-electron chi connectivity index (χ4n) is 3.06. The second-order valence-corrected chi connectivity index (χ2v) is 7.85. The summed E-state index contributed by atoms with van der Waals surface area (Å²) in [7, 11) is -4.03. The van der Waals surface area contributed by atoms with E-state index in [9.17, 15) is 13.2 Å². The van der Waals surface area contributed by atoms with Gasteiger partial charge in [0, 0.05) is 6.42 Å². The minimum Gasteiger partial charge on any atom is -0.493 e. The van der Waals surface area contributed by atoms with E-state index in [0.29, 0.717) is 18.6 Å². The van der Waals surface area contributed by atoms with E-state index in [1.807, 2.05) is 30.3 Å². The van der Waals surface area contributed by atoms with Crippen LogP contribution in [0.25, 0.3) is 0 Å². The molecule has 0 unspecified atom stereocenters. The number of carbonyl (C=O) groups excluding carboxylic acids is 1. The molecule has 0 saturated carbocycles. The molecular weight excluding hydrogens is 352 g/mol. The van der Waals surface area contributed by atoms with Gasteiger partial charge in [-0.3, -0.25) is 4.79 Å². The average molecular weight is 370 g/mol. The van der Waals surface area contributed by atoms with E-state index in [4.69, 9.17) is 10.00 Å². The first-order valence-electron chi connectivity index (χ1n) is 8.19. The number of fused-ring (bicyclic) bond motifs is 1. The van der Waals surface area contributed by atoms with Gasteiger partial charge < -0.3 is 4.74 Å². The van der Waals surface area contributed by atoms with Gasteiger partial charge in [-0.2, -0.15) is 5.26 Å². The highest BCUT2D eigenvalue weighted by molar-refractivity contribution is 7.90. The largest absolute Gasteiger partial charge is 0.493 e. The zero-order valence-electron chi connectivity index (χ0n) is 14.2. The molecule has 1 N–H and O–H groups in total. The Kier molecular flexibility index (Phi) is 4.96. The maximum absolute atomic E-state index is 12.6. The summed E-state index contributed by atoms with van der Waals surface area (Å²) in [6.45, 7) is 2.11. The van der Waals surface area contributed by atoms with Crippen molar-refractivity contribution in [2.24, 2.45) is 0 Å². The molecule has 26 heavy (non-hydrogen) atoms. The zero-order chi connectivity index (χ0) is 18.7. The number of para-hydroxylation sites is 1. The van der Waals surface area contributed by atoms with Crippen LogP contribution in [0, 0.1) is 18.3 Å². The van der Waals surface area contributed by atoms with Crippen LogP contribution < -0.4 is 9.46 Å². The van der Waals surface area contributed by atoms with Crippen LogP contribution in [0.3, 0.4) is 0 Å². The summed E-state index contributed by atoms with van der Waals surface area (Å²) in [5, 5.41) is 8.97. The second kappa shape index (κ2) is 7.18. The van der Waals surface area contributed by atoms with Crippen LogP contribution in [0.2, 0.25) is 0 Å². The number of nitrogens with one attached hydrogen (secondary N) is 1. The highest BCUT2D eigenvalue weighted by Crippen LogP contribution is 2.35. The summed E-state index contributed by atoms with van der Waals surface area (Å²) in [5.74, 6) is 0.0622. The summed E-state index contributed by atoms with van der Waals surface area (Å²) in [6.07, 6.45) is 0.698. The number of sulfonamides is 1. The number of nitriles is 1. The van der Waals surface area contributed by atoms with Gasteiger partial charge in [0.15, 0.2) is 0 Å². The lowest BCUT2D eigenvalue weighted by Gasteiger charge is -2.25. The molecule has 1 heterocycles. The Morgan fingerprint density at radius 1 is 1.31 bits per heavy atom. The number of hydrogen-bond acceptors (Lipinski definition) is 5. The fraction of sp³-hybridized carbons (Fsp3) is 0.263. The molecule has 1 aliphatic heterocycles. The molecule has 0 spiro atoms. The van der Waals surface area contributed by atoms with Gasteiger partial charge in [-0.05, 0) is 48.6 Å². The number of amides is 1. The maximum Gasteiger partial charge on any atom is 0.264 e. The van der Waals surface area contributed by atoms with Crippen molar-refractivity contribution in [3.8, 4) is 11.8 Å². The topological polar surface area (TPSA) is 96.3 Å². The third kappa shape index (κ3) is 3.70. The molecule has 1 aliphatic rings. The van der Waals surface area contributed by atoms with Crippen molar-refractivity contribution >= 4 is 15.9 Å². The third-order valence-corrected chi connectivity index (χ3v) is 5.88. The van der Waals surface area contributed by atoms with Gasteiger partial charge >= 0.3 is 0 Å². The smallest absolute Gasteiger partial charge is 0.264 e. The number of aryl methyl sites for hydroxylation is 1. The molecule has 0 radical (unpaired) electrons. The zero-order valence-corrected chi connectivity index (χ0v) is 15.0. The van der Waals surface area contributed by atoms with E-state index in [1.165, 1.54) is 12.1 Å². The Balaban J connectivity index is 1.78. The molecule has 2 aromatic rings. The quantitative estimate of drug-likeness (QED) is 0.892. The molecule has 0 bridgehead atoms. The number of carbonyl (C=O) groups is 1. The van der Waals surface area contributed by atoms with Crippen molar-refractivity contribution in [3.63, 3.8) is 0 Å². The van der Waals surface area contributed by atoms with Gasteiger partial charge in [-0.1, -0.05) is 24.3 Å². The molecule has 6 nitrogen and oxygen atoms in total. The Morgan fingerprint density at radius 3 is 2.85 bits per heavy atom. The van der Waals surface area contributed by atoms with Gasteiger partial charge in [0.2, 0.25) is 5.91 Å². The van der Waals surface area contributed by atoms with Crippen LogP contribution in [0.1, 0.15) is 35.4 Å². The molecular formula is C19H18N2O4S. The highest BCUT2D eigenvalue weighted by atomic mass is 32.2. The van der Waals surface area contributed by atoms with Gasteiger partial charge in [0.25, 0.3) is 10.0 Å². The van der Waals surface area contributed by atoms with Crippen molar-refractivity contribution in [1.29, 1.82) is 5.26 Å². The van der Waals surface area contributed by atoms with Crippen LogP contribution in [-0.2, 0) is 14.8 Å². The Labute approximate surface area is 152 Å². The van der Waals surface area contributed by atoms with Gasteiger partial charge in [0.05, 0.1) is 23.1 Å². The van der Waals surface area contributed by atoms with Crippen LogP contribution in [0.15, 0.2) is 47.4 Å². The lowest BCUT2D eigenvalue weighted by molar-refractivity contribution is -0.119. The standard InChI is InChI=1S/C19H18N2O4S/c1-13-6-7-14(12-20)10-18(13)26(23,24)21-19(22)11-15-8-9-25-17-5-3-2-4-16(15)17/h2-7,10,15H,8-9,11H2,1H3,(H,21,22)/t15-/m1/s1. The van der Waals surface area contributed by atoms with Crippen LogP contribution in [0.4, 0.5) is 0 Å². The molecule has 134 valence electrons. The molecule has 0 aromatic heterocycles. The Hall–Kier alpha value is -2.85. The van der Waals surface area contributed by atoms with Gasteiger partial charge in [-0.15, -0.1) is 0 Å². The predicted molar refractivity (Wildman–Crippen MR) is 95.1 cm³/mol. The lowest BCUT2D eigenvalue weighted by atomic mass is 9.90. The van der Waals surface area contributed by atoms with Crippen molar-refractivity contribution in [2.45, 2.75) is 30.6 Å². The molecule has 0 aliphatic carbocycles. The van der Waals surface area contributed by atoms with E-state index >= 15 is 0 Å².